The van der Waals surface area contributed by atoms with Gasteiger partial charge in [-0.15, -0.1) is 0 Å². The van der Waals surface area contributed by atoms with Crippen molar-refractivity contribution in [2.75, 3.05) is 5.75 Å². The van der Waals surface area contributed by atoms with E-state index in [0.717, 1.165) is 9.13 Å². The molecular formula is C11H13IO3S. The zero-order valence-corrected chi connectivity index (χ0v) is 11.8. The van der Waals surface area contributed by atoms with Crippen LogP contribution in [-0.4, -0.2) is 21.0 Å². The fraction of sp³-hybridized carbons (Fsp3) is 0.364. The summed E-state index contributed by atoms with van der Waals surface area (Å²) in [6.07, 6.45) is 0. The van der Waals surface area contributed by atoms with E-state index in [9.17, 15) is 9.00 Å². The number of hydrogen-bond acceptors (Lipinski definition) is 2. The van der Waals surface area contributed by atoms with Crippen LogP contribution in [0.2, 0.25) is 0 Å². The summed E-state index contributed by atoms with van der Waals surface area (Å²) in [5.41, 5.74) is 0.983. The van der Waals surface area contributed by atoms with Gasteiger partial charge in [0.05, 0.1) is 5.92 Å². The lowest BCUT2D eigenvalue weighted by molar-refractivity contribution is -0.140. The maximum Gasteiger partial charge on any atom is 0.307 e. The first-order valence-corrected chi connectivity index (χ1v) is 7.38. The van der Waals surface area contributed by atoms with Crippen LogP contribution in [0.15, 0.2) is 24.3 Å². The van der Waals surface area contributed by atoms with Crippen LogP contribution in [0.4, 0.5) is 0 Å². The summed E-state index contributed by atoms with van der Waals surface area (Å²) < 4.78 is 12.8. The number of carboxylic acids is 1. The monoisotopic (exact) mass is 352 g/mol. The standard InChI is InChI=1S/C11H13IO3S/c1-8(11(13)14)6-16(15)7-9-2-4-10(12)5-3-9/h2-5,8H,6-7H2,1H3,(H,13,14). The van der Waals surface area contributed by atoms with Crippen molar-refractivity contribution in [3.05, 3.63) is 33.4 Å². The Hall–Kier alpha value is -0.430. The minimum absolute atomic E-state index is 0.210. The molecule has 1 aromatic carbocycles. The average Bonchev–Trinajstić information content (AvgIpc) is 2.21. The molecule has 0 saturated carbocycles. The maximum atomic E-state index is 11.7. The lowest BCUT2D eigenvalue weighted by Crippen LogP contribution is -2.18. The highest BCUT2D eigenvalue weighted by molar-refractivity contribution is 14.1. The van der Waals surface area contributed by atoms with Crippen molar-refractivity contribution in [3.8, 4) is 0 Å². The summed E-state index contributed by atoms with van der Waals surface area (Å²) >= 11 is 2.21. The Morgan fingerprint density at radius 2 is 2.00 bits per heavy atom. The Labute approximate surface area is 111 Å². The van der Waals surface area contributed by atoms with Gasteiger partial charge in [0.15, 0.2) is 0 Å². The molecule has 1 N–H and O–H groups in total. The van der Waals surface area contributed by atoms with Crippen LogP contribution in [0, 0.1) is 9.49 Å². The molecule has 0 spiro atoms. The summed E-state index contributed by atoms with van der Waals surface area (Å²) in [6, 6.07) is 7.75. The summed E-state index contributed by atoms with van der Waals surface area (Å²) in [4.78, 5) is 10.6. The quantitative estimate of drug-likeness (QED) is 0.828. The smallest absolute Gasteiger partial charge is 0.307 e. The van der Waals surface area contributed by atoms with Crippen molar-refractivity contribution >= 4 is 39.4 Å². The Morgan fingerprint density at radius 3 is 2.50 bits per heavy atom. The second kappa shape index (κ2) is 6.34. The topological polar surface area (TPSA) is 54.4 Å². The molecule has 0 aliphatic rings. The second-order valence-corrected chi connectivity index (χ2v) is 6.36. The van der Waals surface area contributed by atoms with E-state index in [1.165, 1.54) is 0 Å². The SMILES string of the molecule is CC(CS(=O)Cc1ccc(I)cc1)C(=O)O. The van der Waals surface area contributed by atoms with Gasteiger partial charge in [0.2, 0.25) is 0 Å². The summed E-state index contributed by atoms with van der Waals surface area (Å²) in [5.74, 6) is -0.809. The zero-order chi connectivity index (χ0) is 12.1. The normalized spacial score (nSPS) is 14.4. The van der Waals surface area contributed by atoms with Crippen LogP contribution in [0.25, 0.3) is 0 Å². The van der Waals surface area contributed by atoms with Gasteiger partial charge in [-0.25, -0.2) is 0 Å². The molecule has 1 rings (SSSR count). The molecule has 3 nitrogen and oxygen atoms in total. The molecule has 0 fully saturated rings. The van der Waals surface area contributed by atoms with Gasteiger partial charge in [-0.05, 0) is 40.3 Å². The highest BCUT2D eigenvalue weighted by atomic mass is 127. The average molecular weight is 352 g/mol. The van der Waals surface area contributed by atoms with Gasteiger partial charge >= 0.3 is 5.97 Å². The largest absolute Gasteiger partial charge is 0.481 e. The van der Waals surface area contributed by atoms with E-state index in [1.54, 1.807) is 6.92 Å². The van der Waals surface area contributed by atoms with E-state index < -0.39 is 22.7 Å². The van der Waals surface area contributed by atoms with Crippen molar-refractivity contribution in [1.82, 2.24) is 0 Å². The second-order valence-electron chi connectivity index (χ2n) is 3.62. The van der Waals surface area contributed by atoms with Gasteiger partial charge in [-0.1, -0.05) is 19.1 Å². The number of halogens is 1. The molecule has 0 aliphatic heterocycles. The number of benzene rings is 1. The predicted octanol–water partition coefficient (Wildman–Crippen LogP) is 2.26. The fourth-order valence-corrected chi connectivity index (χ4v) is 2.92. The van der Waals surface area contributed by atoms with Crippen molar-refractivity contribution in [3.63, 3.8) is 0 Å². The molecule has 0 heterocycles. The van der Waals surface area contributed by atoms with Crippen LogP contribution in [0.1, 0.15) is 12.5 Å². The first kappa shape index (κ1) is 13.6. The first-order chi connectivity index (χ1) is 7.49. The number of rotatable bonds is 5. The van der Waals surface area contributed by atoms with Crippen molar-refractivity contribution < 1.29 is 14.1 Å². The Bertz CT molecular complexity index is 389. The Morgan fingerprint density at radius 1 is 1.44 bits per heavy atom. The fourth-order valence-electron chi connectivity index (χ4n) is 1.18. The van der Waals surface area contributed by atoms with Crippen molar-refractivity contribution in [2.45, 2.75) is 12.7 Å². The molecule has 2 atom stereocenters. The first-order valence-electron chi connectivity index (χ1n) is 4.81. The predicted molar refractivity (Wildman–Crippen MR) is 72.7 cm³/mol. The third kappa shape index (κ3) is 4.61. The third-order valence-electron chi connectivity index (χ3n) is 2.10. The van der Waals surface area contributed by atoms with Crippen LogP contribution < -0.4 is 0 Å². The van der Waals surface area contributed by atoms with Crippen molar-refractivity contribution in [1.29, 1.82) is 0 Å². The van der Waals surface area contributed by atoms with E-state index in [1.807, 2.05) is 24.3 Å². The van der Waals surface area contributed by atoms with Crippen molar-refractivity contribution in [2.24, 2.45) is 5.92 Å². The van der Waals surface area contributed by atoms with Gasteiger partial charge in [-0.2, -0.15) is 0 Å². The van der Waals surface area contributed by atoms with E-state index >= 15 is 0 Å². The molecule has 0 radical (unpaired) electrons. The maximum absolute atomic E-state index is 11.7. The van der Waals surface area contributed by atoms with Gasteiger partial charge in [0.25, 0.3) is 0 Å². The summed E-state index contributed by atoms with van der Waals surface area (Å²) in [5, 5.41) is 8.70. The number of aliphatic carboxylic acids is 1. The van der Waals surface area contributed by atoms with Crippen LogP contribution in [0.5, 0.6) is 0 Å². The van der Waals surface area contributed by atoms with E-state index in [2.05, 4.69) is 22.6 Å². The van der Waals surface area contributed by atoms with Gasteiger partial charge in [0.1, 0.15) is 0 Å². The minimum Gasteiger partial charge on any atom is -0.481 e. The van der Waals surface area contributed by atoms with E-state index in [-0.39, 0.29) is 5.75 Å². The molecule has 0 bridgehead atoms. The Balaban J connectivity index is 2.52. The molecule has 0 saturated heterocycles. The minimum atomic E-state index is -1.11. The third-order valence-corrected chi connectivity index (χ3v) is 4.34. The molecule has 2 unspecified atom stereocenters. The Kier molecular flexibility index (Phi) is 5.40. The van der Waals surface area contributed by atoms with Gasteiger partial charge in [-0.3, -0.25) is 9.00 Å². The van der Waals surface area contributed by atoms with Gasteiger partial charge in [0, 0.05) is 25.9 Å². The molecular weight excluding hydrogens is 339 g/mol. The molecule has 5 heteroatoms. The molecule has 0 aliphatic carbocycles. The van der Waals surface area contributed by atoms with E-state index in [0.29, 0.717) is 5.75 Å². The molecule has 88 valence electrons. The number of hydrogen-bond donors (Lipinski definition) is 1. The molecule has 1 aromatic rings. The number of carboxylic acid groups (broad SMARTS) is 1. The lowest BCUT2D eigenvalue weighted by atomic mass is 10.2. The van der Waals surface area contributed by atoms with Gasteiger partial charge < -0.3 is 5.11 Å². The number of carbonyl (C=O) groups is 1. The zero-order valence-electron chi connectivity index (χ0n) is 8.85. The summed E-state index contributed by atoms with van der Waals surface area (Å²) in [7, 11) is -1.11. The highest BCUT2D eigenvalue weighted by Crippen LogP contribution is 2.10. The molecule has 16 heavy (non-hydrogen) atoms. The molecule has 0 amide bonds. The summed E-state index contributed by atoms with van der Waals surface area (Å²) in [6.45, 7) is 1.58. The van der Waals surface area contributed by atoms with Crippen LogP contribution in [0.3, 0.4) is 0 Å². The highest BCUT2D eigenvalue weighted by Gasteiger charge is 2.14. The van der Waals surface area contributed by atoms with Crippen LogP contribution >= 0.6 is 22.6 Å². The lowest BCUT2D eigenvalue weighted by Gasteiger charge is -2.06. The molecule has 0 aromatic heterocycles. The van der Waals surface area contributed by atoms with E-state index in [4.69, 9.17) is 5.11 Å². The van der Waals surface area contributed by atoms with Crippen LogP contribution in [-0.2, 0) is 21.3 Å².